The minimum absolute atomic E-state index is 0.188. The molecule has 0 aromatic heterocycles. The lowest BCUT2D eigenvalue weighted by Crippen LogP contribution is -2.35. The van der Waals surface area contributed by atoms with Crippen molar-refractivity contribution >= 4 is 17.3 Å². The molecule has 1 aliphatic heterocycles. The zero-order valence-electron chi connectivity index (χ0n) is 9.93. The largest absolute Gasteiger partial charge is 0.399 e. The maximum Gasteiger partial charge on any atom is 0.217 e. The van der Waals surface area contributed by atoms with Crippen molar-refractivity contribution in [1.29, 1.82) is 0 Å². The molecule has 0 aliphatic carbocycles. The van der Waals surface area contributed by atoms with Gasteiger partial charge in [-0.05, 0) is 37.0 Å². The molecule has 0 unspecified atom stereocenters. The first kappa shape index (κ1) is 11.8. The number of benzene rings is 1. The van der Waals surface area contributed by atoms with Crippen molar-refractivity contribution < 1.29 is 4.79 Å². The molecular formula is C13H19N3O. The van der Waals surface area contributed by atoms with Gasteiger partial charge in [0.05, 0.1) is 0 Å². The van der Waals surface area contributed by atoms with E-state index in [9.17, 15) is 4.79 Å². The predicted octanol–water partition coefficient (Wildman–Crippen LogP) is 1.36. The van der Waals surface area contributed by atoms with Crippen molar-refractivity contribution in [1.82, 2.24) is 0 Å². The fourth-order valence-electron chi connectivity index (χ4n) is 2.40. The number of nitrogens with two attached hydrogens (primary N) is 2. The van der Waals surface area contributed by atoms with Crippen LogP contribution >= 0.6 is 0 Å². The molecule has 4 nitrogen and oxygen atoms in total. The quantitative estimate of drug-likeness (QED) is 0.774. The highest BCUT2D eigenvalue weighted by Gasteiger charge is 2.20. The summed E-state index contributed by atoms with van der Waals surface area (Å²) in [5.41, 5.74) is 13.0. The van der Waals surface area contributed by atoms with E-state index in [2.05, 4.69) is 11.0 Å². The molecule has 0 atom stereocenters. The smallest absolute Gasteiger partial charge is 0.217 e. The van der Waals surface area contributed by atoms with Crippen LogP contribution in [0.1, 0.15) is 19.3 Å². The van der Waals surface area contributed by atoms with Gasteiger partial charge in [0.2, 0.25) is 5.91 Å². The van der Waals surface area contributed by atoms with E-state index in [4.69, 9.17) is 11.5 Å². The van der Waals surface area contributed by atoms with Gasteiger partial charge < -0.3 is 16.4 Å². The van der Waals surface area contributed by atoms with Crippen molar-refractivity contribution in [3.05, 3.63) is 24.3 Å². The standard InChI is InChI=1S/C13H19N3O/c14-11-2-1-3-12(9-11)16-6-4-10(5-7-16)8-13(15)17/h1-3,9-10H,4-8,14H2,(H2,15,17). The molecule has 17 heavy (non-hydrogen) atoms. The van der Waals surface area contributed by atoms with Gasteiger partial charge in [-0.3, -0.25) is 4.79 Å². The maximum absolute atomic E-state index is 10.9. The highest BCUT2D eigenvalue weighted by atomic mass is 16.1. The minimum atomic E-state index is -0.188. The van der Waals surface area contributed by atoms with Crippen LogP contribution in [0.15, 0.2) is 24.3 Å². The Balaban J connectivity index is 1.93. The van der Waals surface area contributed by atoms with Crippen molar-refractivity contribution in [2.75, 3.05) is 23.7 Å². The number of primary amides is 1. The van der Waals surface area contributed by atoms with Crippen LogP contribution in [0.5, 0.6) is 0 Å². The first-order chi connectivity index (χ1) is 8.15. The normalized spacial score (nSPS) is 17.1. The Hall–Kier alpha value is -1.71. The average Bonchev–Trinajstić information content (AvgIpc) is 2.29. The molecule has 1 aromatic rings. The fraction of sp³-hybridized carbons (Fsp3) is 0.462. The monoisotopic (exact) mass is 233 g/mol. The van der Waals surface area contributed by atoms with E-state index < -0.39 is 0 Å². The number of amides is 1. The Bertz CT molecular complexity index is 397. The lowest BCUT2D eigenvalue weighted by molar-refractivity contribution is -0.119. The van der Waals surface area contributed by atoms with E-state index in [0.29, 0.717) is 12.3 Å². The molecule has 4 heteroatoms. The molecule has 1 amide bonds. The average molecular weight is 233 g/mol. The molecule has 0 spiro atoms. The Labute approximate surface area is 102 Å². The van der Waals surface area contributed by atoms with E-state index >= 15 is 0 Å². The summed E-state index contributed by atoms with van der Waals surface area (Å²) in [5.74, 6) is 0.261. The van der Waals surface area contributed by atoms with Crippen molar-refractivity contribution in [2.24, 2.45) is 11.7 Å². The van der Waals surface area contributed by atoms with Crippen LogP contribution in [0.25, 0.3) is 0 Å². The van der Waals surface area contributed by atoms with Gasteiger partial charge in [0.25, 0.3) is 0 Å². The Morgan fingerprint density at radius 3 is 2.65 bits per heavy atom. The van der Waals surface area contributed by atoms with E-state index in [0.717, 1.165) is 31.6 Å². The number of carbonyl (C=O) groups excluding carboxylic acids is 1. The van der Waals surface area contributed by atoms with Crippen LogP contribution in [0, 0.1) is 5.92 Å². The van der Waals surface area contributed by atoms with Crippen molar-refractivity contribution in [2.45, 2.75) is 19.3 Å². The second-order valence-electron chi connectivity index (χ2n) is 4.70. The number of anilines is 2. The van der Waals surface area contributed by atoms with Gasteiger partial charge in [-0.1, -0.05) is 6.07 Å². The fourth-order valence-corrected chi connectivity index (χ4v) is 2.40. The van der Waals surface area contributed by atoms with Crippen LogP contribution in [0.3, 0.4) is 0 Å². The van der Waals surface area contributed by atoms with Crippen molar-refractivity contribution in [3.63, 3.8) is 0 Å². The van der Waals surface area contributed by atoms with Gasteiger partial charge in [-0.15, -0.1) is 0 Å². The summed E-state index contributed by atoms with van der Waals surface area (Å²) in [6.45, 7) is 1.95. The molecular weight excluding hydrogens is 214 g/mol. The number of rotatable bonds is 3. The molecule has 92 valence electrons. The lowest BCUT2D eigenvalue weighted by atomic mass is 9.93. The zero-order valence-corrected chi connectivity index (χ0v) is 9.93. The zero-order chi connectivity index (χ0) is 12.3. The highest BCUT2D eigenvalue weighted by molar-refractivity contribution is 5.74. The van der Waals surface area contributed by atoms with E-state index in [1.807, 2.05) is 18.2 Å². The molecule has 0 bridgehead atoms. The summed E-state index contributed by atoms with van der Waals surface area (Å²) in [6, 6.07) is 7.93. The van der Waals surface area contributed by atoms with Gasteiger partial charge in [-0.25, -0.2) is 0 Å². The first-order valence-corrected chi connectivity index (χ1v) is 6.04. The highest BCUT2D eigenvalue weighted by Crippen LogP contribution is 2.25. The number of nitrogen functional groups attached to an aromatic ring is 1. The summed E-state index contributed by atoms with van der Waals surface area (Å²) in [4.78, 5) is 13.2. The number of hydrogen-bond acceptors (Lipinski definition) is 3. The van der Waals surface area contributed by atoms with Gasteiger partial charge in [0.1, 0.15) is 0 Å². The summed E-state index contributed by atoms with van der Waals surface area (Å²) in [5, 5.41) is 0. The molecule has 1 fully saturated rings. The maximum atomic E-state index is 10.9. The van der Waals surface area contributed by atoms with Crippen LogP contribution in [0.2, 0.25) is 0 Å². The Morgan fingerprint density at radius 2 is 2.06 bits per heavy atom. The number of nitrogens with zero attached hydrogens (tertiary/aromatic N) is 1. The number of carbonyl (C=O) groups is 1. The van der Waals surface area contributed by atoms with Gasteiger partial charge in [0, 0.05) is 30.9 Å². The van der Waals surface area contributed by atoms with Crippen LogP contribution in [0.4, 0.5) is 11.4 Å². The number of hydrogen-bond donors (Lipinski definition) is 2. The summed E-state index contributed by atoms with van der Waals surface area (Å²) in [6.07, 6.45) is 2.57. The second-order valence-corrected chi connectivity index (χ2v) is 4.70. The van der Waals surface area contributed by atoms with Gasteiger partial charge in [-0.2, -0.15) is 0 Å². The van der Waals surface area contributed by atoms with Crippen LogP contribution in [-0.4, -0.2) is 19.0 Å². The summed E-state index contributed by atoms with van der Waals surface area (Å²) in [7, 11) is 0. The topological polar surface area (TPSA) is 72.4 Å². The molecule has 0 saturated carbocycles. The Morgan fingerprint density at radius 1 is 1.35 bits per heavy atom. The third-order valence-electron chi connectivity index (χ3n) is 3.34. The van der Waals surface area contributed by atoms with E-state index in [1.165, 1.54) is 5.69 Å². The molecule has 1 saturated heterocycles. The predicted molar refractivity (Wildman–Crippen MR) is 69.6 cm³/mol. The van der Waals surface area contributed by atoms with Crippen LogP contribution < -0.4 is 16.4 Å². The second kappa shape index (κ2) is 5.08. The van der Waals surface area contributed by atoms with Gasteiger partial charge >= 0.3 is 0 Å². The summed E-state index contributed by atoms with van der Waals surface area (Å²) >= 11 is 0. The molecule has 0 radical (unpaired) electrons. The minimum Gasteiger partial charge on any atom is -0.399 e. The Kier molecular flexibility index (Phi) is 3.52. The lowest BCUT2D eigenvalue weighted by Gasteiger charge is -2.33. The molecule has 4 N–H and O–H groups in total. The van der Waals surface area contributed by atoms with Gasteiger partial charge in [0.15, 0.2) is 0 Å². The first-order valence-electron chi connectivity index (χ1n) is 6.04. The third-order valence-corrected chi connectivity index (χ3v) is 3.34. The van der Waals surface area contributed by atoms with Crippen molar-refractivity contribution in [3.8, 4) is 0 Å². The van der Waals surface area contributed by atoms with Crippen LogP contribution in [-0.2, 0) is 4.79 Å². The molecule has 1 aliphatic rings. The third kappa shape index (κ3) is 3.12. The molecule has 1 heterocycles. The summed E-state index contributed by atoms with van der Waals surface area (Å²) < 4.78 is 0. The molecule has 1 aromatic carbocycles. The number of piperidine rings is 1. The SMILES string of the molecule is NC(=O)CC1CCN(c2cccc(N)c2)CC1. The molecule has 2 rings (SSSR count). The van der Waals surface area contributed by atoms with E-state index in [-0.39, 0.29) is 5.91 Å². The van der Waals surface area contributed by atoms with E-state index in [1.54, 1.807) is 0 Å².